The first-order chi connectivity index (χ1) is 13.1. The first-order valence-electron chi connectivity index (χ1n) is 8.56. The van der Waals surface area contributed by atoms with Gasteiger partial charge in [-0.25, -0.2) is 13.6 Å². The molecule has 0 spiro atoms. The minimum Gasteiger partial charge on any atom is -0.467 e. The lowest BCUT2D eigenvalue weighted by Crippen LogP contribution is -2.46. The first-order valence-corrected chi connectivity index (χ1v) is 10.3. The van der Waals surface area contributed by atoms with Gasteiger partial charge in [0.05, 0.1) is 11.2 Å². The minimum absolute atomic E-state index is 0.0839. The highest BCUT2D eigenvalue weighted by atomic mass is 32.1. The summed E-state index contributed by atoms with van der Waals surface area (Å²) in [5.74, 6) is -1.31. The number of amides is 2. The Hall–Kier alpha value is -2.26. The molecule has 0 unspecified atom stereocenters. The highest BCUT2D eigenvalue weighted by Gasteiger charge is 2.25. The van der Waals surface area contributed by atoms with E-state index in [4.69, 9.17) is 4.74 Å². The quantitative estimate of drug-likeness (QED) is 0.695. The topological polar surface area (TPSA) is 54.5 Å². The van der Waals surface area contributed by atoms with Crippen molar-refractivity contribution in [1.29, 1.82) is 0 Å². The fraction of sp³-hybridized carbons (Fsp3) is 0.333. The van der Waals surface area contributed by atoms with E-state index >= 15 is 0 Å². The van der Waals surface area contributed by atoms with E-state index in [9.17, 15) is 13.6 Å². The van der Waals surface area contributed by atoms with Crippen LogP contribution in [0.2, 0.25) is 0 Å². The molecular weight excluding hydrogens is 392 g/mol. The summed E-state index contributed by atoms with van der Waals surface area (Å²) in [4.78, 5) is 19.2. The molecule has 0 saturated carbocycles. The van der Waals surface area contributed by atoms with Crippen molar-refractivity contribution >= 4 is 38.9 Å². The molecule has 9 heteroatoms. The van der Waals surface area contributed by atoms with Crippen LogP contribution >= 0.6 is 22.7 Å². The van der Waals surface area contributed by atoms with Crippen LogP contribution in [0.25, 0.3) is 10.2 Å². The van der Waals surface area contributed by atoms with Crippen molar-refractivity contribution in [3.8, 4) is 5.19 Å². The molecule has 1 N–H and O–H groups in total. The average Bonchev–Trinajstić information content (AvgIpc) is 3.30. The van der Waals surface area contributed by atoms with Crippen molar-refractivity contribution in [1.82, 2.24) is 15.2 Å². The monoisotopic (exact) mass is 409 g/mol. The SMILES string of the molecule is O=C(NCc1cccs1)N1CCC(Oc2nc3c(F)cc(F)cc3s2)CC1. The molecule has 1 aliphatic rings. The molecule has 5 nitrogen and oxygen atoms in total. The highest BCUT2D eigenvalue weighted by Crippen LogP contribution is 2.31. The van der Waals surface area contributed by atoms with Crippen LogP contribution < -0.4 is 10.1 Å². The Morgan fingerprint density at radius 3 is 2.89 bits per heavy atom. The van der Waals surface area contributed by atoms with Gasteiger partial charge in [-0.15, -0.1) is 11.3 Å². The van der Waals surface area contributed by atoms with Crippen LogP contribution in [0.15, 0.2) is 29.6 Å². The lowest BCUT2D eigenvalue weighted by molar-refractivity contribution is 0.111. The highest BCUT2D eigenvalue weighted by molar-refractivity contribution is 7.20. The van der Waals surface area contributed by atoms with E-state index in [2.05, 4.69) is 10.3 Å². The molecule has 2 amide bonds. The summed E-state index contributed by atoms with van der Waals surface area (Å²) in [6.07, 6.45) is 1.23. The van der Waals surface area contributed by atoms with E-state index in [0.29, 0.717) is 42.4 Å². The third-order valence-corrected chi connectivity index (χ3v) is 6.15. The Morgan fingerprint density at radius 2 is 2.15 bits per heavy atom. The molecule has 0 bridgehead atoms. The van der Waals surface area contributed by atoms with Gasteiger partial charge < -0.3 is 15.0 Å². The second-order valence-electron chi connectivity index (χ2n) is 6.26. The average molecular weight is 409 g/mol. The number of piperidine rings is 1. The second-order valence-corrected chi connectivity index (χ2v) is 8.28. The Balaban J connectivity index is 1.30. The number of urea groups is 1. The zero-order valence-electron chi connectivity index (χ0n) is 14.3. The van der Waals surface area contributed by atoms with Crippen LogP contribution in [-0.2, 0) is 6.54 Å². The van der Waals surface area contributed by atoms with Gasteiger partial charge in [-0.2, -0.15) is 4.98 Å². The minimum atomic E-state index is -0.687. The number of hydrogen-bond acceptors (Lipinski definition) is 5. The molecule has 0 atom stereocenters. The number of halogens is 2. The largest absolute Gasteiger partial charge is 0.467 e. The molecule has 27 heavy (non-hydrogen) atoms. The standard InChI is InChI=1S/C18H17F2N3O2S2/c19-11-8-14(20)16-15(9-11)27-18(22-16)25-12-3-5-23(6-4-12)17(24)21-10-13-2-1-7-26-13/h1-2,7-9,12H,3-6,10H2,(H,21,24). The van der Waals surface area contributed by atoms with Crippen molar-refractivity contribution in [3.63, 3.8) is 0 Å². The van der Waals surface area contributed by atoms with Gasteiger partial charge in [0.25, 0.3) is 5.19 Å². The summed E-state index contributed by atoms with van der Waals surface area (Å²) in [7, 11) is 0. The van der Waals surface area contributed by atoms with Gasteiger partial charge in [-0.3, -0.25) is 0 Å². The Labute approximate surface area is 162 Å². The Kier molecular flexibility index (Phi) is 5.22. The molecular formula is C18H17F2N3O2S2. The summed E-state index contributed by atoms with van der Waals surface area (Å²) >= 11 is 2.74. The number of hydrogen-bond donors (Lipinski definition) is 1. The number of nitrogens with zero attached hydrogens (tertiary/aromatic N) is 2. The summed E-state index contributed by atoms with van der Waals surface area (Å²) in [6.45, 7) is 1.68. The van der Waals surface area contributed by atoms with E-state index in [1.54, 1.807) is 16.2 Å². The van der Waals surface area contributed by atoms with E-state index in [-0.39, 0.29) is 17.7 Å². The number of thiazole rings is 1. The molecule has 0 radical (unpaired) electrons. The summed E-state index contributed by atoms with van der Waals surface area (Å²) in [5, 5.41) is 5.23. The molecule has 2 aromatic heterocycles. The summed E-state index contributed by atoms with van der Waals surface area (Å²) < 4.78 is 33.3. The van der Waals surface area contributed by atoms with Crippen molar-refractivity contribution < 1.29 is 18.3 Å². The smallest absolute Gasteiger partial charge is 0.317 e. The molecule has 1 aromatic carbocycles. The predicted molar refractivity (Wildman–Crippen MR) is 101 cm³/mol. The number of carbonyl (C=O) groups is 1. The third-order valence-electron chi connectivity index (χ3n) is 4.38. The Morgan fingerprint density at radius 1 is 1.33 bits per heavy atom. The fourth-order valence-corrected chi connectivity index (χ4v) is 4.56. The fourth-order valence-electron chi connectivity index (χ4n) is 2.99. The second kappa shape index (κ2) is 7.77. The van der Waals surface area contributed by atoms with Crippen molar-refractivity contribution in [2.24, 2.45) is 0 Å². The molecule has 0 aliphatic carbocycles. The molecule has 3 aromatic rings. The van der Waals surface area contributed by atoms with E-state index in [1.165, 1.54) is 6.07 Å². The van der Waals surface area contributed by atoms with Gasteiger partial charge in [-0.05, 0) is 17.5 Å². The van der Waals surface area contributed by atoms with Crippen LogP contribution in [0, 0.1) is 11.6 Å². The van der Waals surface area contributed by atoms with Gasteiger partial charge in [0.15, 0.2) is 5.82 Å². The predicted octanol–water partition coefficient (Wildman–Crippen LogP) is 4.39. The number of likely N-dealkylation sites (tertiary alicyclic amines) is 1. The van der Waals surface area contributed by atoms with Gasteiger partial charge in [0, 0.05) is 36.9 Å². The maximum Gasteiger partial charge on any atom is 0.317 e. The molecule has 3 heterocycles. The number of thiophene rings is 1. The third kappa shape index (κ3) is 4.19. The van der Waals surface area contributed by atoms with Crippen LogP contribution in [-0.4, -0.2) is 35.1 Å². The molecule has 1 fully saturated rings. The number of carbonyl (C=O) groups excluding carboxylic acids is 1. The number of ether oxygens (including phenoxy) is 1. The molecule has 4 rings (SSSR count). The maximum atomic E-state index is 13.8. The van der Waals surface area contributed by atoms with Gasteiger partial charge in [0.2, 0.25) is 0 Å². The van der Waals surface area contributed by atoms with Crippen LogP contribution in [0.4, 0.5) is 13.6 Å². The zero-order valence-corrected chi connectivity index (χ0v) is 15.9. The van der Waals surface area contributed by atoms with E-state index in [1.807, 2.05) is 17.5 Å². The normalized spacial score (nSPS) is 15.3. The number of nitrogens with one attached hydrogen (secondary N) is 1. The van der Waals surface area contributed by atoms with E-state index in [0.717, 1.165) is 22.3 Å². The first kappa shape index (κ1) is 18.1. The molecule has 142 valence electrons. The lowest BCUT2D eigenvalue weighted by atomic mass is 10.1. The van der Waals surface area contributed by atoms with Crippen molar-refractivity contribution in [2.75, 3.05) is 13.1 Å². The van der Waals surface area contributed by atoms with Crippen molar-refractivity contribution in [2.45, 2.75) is 25.5 Å². The van der Waals surface area contributed by atoms with Gasteiger partial charge >= 0.3 is 6.03 Å². The van der Waals surface area contributed by atoms with Crippen LogP contribution in [0.3, 0.4) is 0 Å². The number of fused-ring (bicyclic) bond motifs is 1. The number of benzene rings is 1. The van der Waals surface area contributed by atoms with E-state index < -0.39 is 11.6 Å². The van der Waals surface area contributed by atoms with Gasteiger partial charge in [0.1, 0.15) is 17.4 Å². The zero-order chi connectivity index (χ0) is 18.8. The van der Waals surface area contributed by atoms with Gasteiger partial charge in [-0.1, -0.05) is 17.4 Å². The lowest BCUT2D eigenvalue weighted by Gasteiger charge is -2.31. The summed E-state index contributed by atoms with van der Waals surface area (Å²) in [5.41, 5.74) is 0.127. The van der Waals surface area contributed by atoms with Crippen LogP contribution in [0.5, 0.6) is 5.19 Å². The number of rotatable bonds is 4. The summed E-state index contributed by atoms with van der Waals surface area (Å²) in [6, 6.07) is 5.93. The Bertz CT molecular complexity index is 938. The molecule has 1 aliphatic heterocycles. The molecule has 1 saturated heterocycles. The number of aromatic nitrogens is 1. The van der Waals surface area contributed by atoms with Crippen LogP contribution in [0.1, 0.15) is 17.7 Å². The van der Waals surface area contributed by atoms with Crippen molar-refractivity contribution in [3.05, 3.63) is 46.2 Å². The maximum absolute atomic E-state index is 13.8.